The number of carbonyl (C=O) groups excluding carboxylic acids is 3. The van der Waals surface area contributed by atoms with Gasteiger partial charge in [0, 0.05) is 0 Å². The molecule has 0 aliphatic carbocycles. The molecule has 4 N–H and O–H groups in total. The molecule has 0 fully saturated rings. The minimum absolute atomic E-state index is 0.201. The SMILES string of the molecule is CSCC[C@@H](NC(N)=O)C(=O)OCC(=O)N[C@@H](C)c1ccccc1. The van der Waals surface area contributed by atoms with E-state index in [1.54, 1.807) is 0 Å². The third kappa shape index (κ3) is 7.36. The number of primary amides is 1. The molecule has 0 heterocycles. The van der Waals surface area contributed by atoms with Crippen molar-refractivity contribution in [3.63, 3.8) is 0 Å². The van der Waals surface area contributed by atoms with E-state index in [-0.39, 0.29) is 6.04 Å². The van der Waals surface area contributed by atoms with Crippen LogP contribution in [-0.4, -0.2) is 42.6 Å². The number of thioether (sulfide) groups is 1. The lowest BCUT2D eigenvalue weighted by Gasteiger charge is -2.17. The Labute approximate surface area is 145 Å². The molecule has 7 nitrogen and oxygen atoms in total. The lowest BCUT2D eigenvalue weighted by Crippen LogP contribution is -2.45. The van der Waals surface area contributed by atoms with Crippen LogP contribution in [0, 0.1) is 0 Å². The number of nitrogens with one attached hydrogen (secondary N) is 2. The summed E-state index contributed by atoms with van der Waals surface area (Å²) in [6, 6.07) is 7.58. The van der Waals surface area contributed by atoms with Gasteiger partial charge in [-0.3, -0.25) is 4.79 Å². The summed E-state index contributed by atoms with van der Waals surface area (Å²) in [5.74, 6) is -0.440. The Hall–Kier alpha value is -2.22. The van der Waals surface area contributed by atoms with Gasteiger partial charge in [-0.05, 0) is 30.9 Å². The molecule has 8 heteroatoms. The van der Waals surface area contributed by atoms with Crippen molar-refractivity contribution >= 4 is 29.7 Å². The fraction of sp³-hybridized carbons (Fsp3) is 0.438. The first-order chi connectivity index (χ1) is 11.4. The second kappa shape index (κ2) is 10.5. The summed E-state index contributed by atoms with van der Waals surface area (Å²) in [7, 11) is 0. The van der Waals surface area contributed by atoms with Gasteiger partial charge in [0.2, 0.25) is 0 Å². The van der Waals surface area contributed by atoms with E-state index in [1.807, 2.05) is 43.5 Å². The monoisotopic (exact) mass is 353 g/mol. The van der Waals surface area contributed by atoms with E-state index < -0.39 is 30.6 Å². The Balaban J connectivity index is 2.45. The van der Waals surface area contributed by atoms with Crippen LogP contribution < -0.4 is 16.4 Å². The minimum atomic E-state index is -0.853. The normalized spacial score (nSPS) is 12.8. The second-order valence-corrected chi connectivity index (χ2v) is 6.14. The molecule has 1 aromatic carbocycles. The van der Waals surface area contributed by atoms with Crippen molar-refractivity contribution in [1.82, 2.24) is 10.6 Å². The van der Waals surface area contributed by atoms with Crippen LogP contribution >= 0.6 is 11.8 Å². The van der Waals surface area contributed by atoms with Gasteiger partial charge in [0.15, 0.2) is 6.61 Å². The van der Waals surface area contributed by atoms with Crippen LogP contribution in [0.25, 0.3) is 0 Å². The molecule has 1 rings (SSSR count). The standard InChI is InChI=1S/C16H23N3O4S/c1-11(12-6-4-3-5-7-12)18-14(20)10-23-15(21)13(8-9-24-2)19-16(17)22/h3-7,11,13H,8-10H2,1-2H3,(H,18,20)(H3,17,19,22)/t11-,13+/m0/s1. The van der Waals surface area contributed by atoms with Gasteiger partial charge in [-0.25, -0.2) is 9.59 Å². The van der Waals surface area contributed by atoms with E-state index in [0.29, 0.717) is 12.2 Å². The average molecular weight is 353 g/mol. The van der Waals surface area contributed by atoms with Crippen LogP contribution in [0.4, 0.5) is 4.79 Å². The molecule has 0 bridgehead atoms. The fourth-order valence-electron chi connectivity index (χ4n) is 2.00. The van der Waals surface area contributed by atoms with Crippen molar-refractivity contribution in [1.29, 1.82) is 0 Å². The van der Waals surface area contributed by atoms with E-state index in [1.165, 1.54) is 11.8 Å². The lowest BCUT2D eigenvalue weighted by molar-refractivity contribution is -0.150. The van der Waals surface area contributed by atoms with Gasteiger partial charge >= 0.3 is 12.0 Å². The Morgan fingerprint density at radius 2 is 1.88 bits per heavy atom. The molecule has 2 atom stereocenters. The zero-order valence-corrected chi connectivity index (χ0v) is 14.6. The zero-order valence-electron chi connectivity index (χ0n) is 13.8. The second-order valence-electron chi connectivity index (χ2n) is 5.15. The third-order valence-electron chi connectivity index (χ3n) is 3.23. The van der Waals surface area contributed by atoms with Gasteiger partial charge in [-0.2, -0.15) is 11.8 Å². The number of nitrogens with two attached hydrogens (primary N) is 1. The smallest absolute Gasteiger partial charge is 0.329 e. The number of amides is 3. The quantitative estimate of drug-likeness (QED) is 0.578. The summed E-state index contributed by atoms with van der Waals surface area (Å²) in [5, 5.41) is 5.07. The number of rotatable bonds is 9. The van der Waals surface area contributed by atoms with Crippen molar-refractivity contribution in [2.24, 2.45) is 5.73 Å². The largest absolute Gasteiger partial charge is 0.454 e. The van der Waals surface area contributed by atoms with Gasteiger partial charge in [-0.1, -0.05) is 30.3 Å². The highest BCUT2D eigenvalue weighted by molar-refractivity contribution is 7.98. The zero-order chi connectivity index (χ0) is 17.9. The molecule has 0 saturated heterocycles. The molecule has 0 radical (unpaired) electrons. The van der Waals surface area contributed by atoms with Gasteiger partial charge in [0.05, 0.1) is 6.04 Å². The van der Waals surface area contributed by atoms with Crippen molar-refractivity contribution in [3.8, 4) is 0 Å². The first-order valence-electron chi connectivity index (χ1n) is 7.50. The maximum atomic E-state index is 12.0. The molecular weight excluding hydrogens is 330 g/mol. The van der Waals surface area contributed by atoms with Crippen molar-refractivity contribution in [2.45, 2.75) is 25.4 Å². The number of esters is 1. The Bertz CT molecular complexity index is 554. The first kappa shape index (κ1) is 19.8. The van der Waals surface area contributed by atoms with Crippen LogP contribution in [0.3, 0.4) is 0 Å². The van der Waals surface area contributed by atoms with E-state index >= 15 is 0 Å². The first-order valence-corrected chi connectivity index (χ1v) is 8.89. The number of ether oxygens (including phenoxy) is 1. The Morgan fingerprint density at radius 1 is 1.21 bits per heavy atom. The lowest BCUT2D eigenvalue weighted by atomic mass is 10.1. The van der Waals surface area contributed by atoms with Crippen LogP contribution in [0.1, 0.15) is 24.9 Å². The number of hydrogen-bond donors (Lipinski definition) is 3. The predicted octanol–water partition coefficient (Wildman–Crippen LogP) is 1.20. The number of hydrogen-bond acceptors (Lipinski definition) is 5. The van der Waals surface area contributed by atoms with Crippen molar-refractivity contribution in [3.05, 3.63) is 35.9 Å². The summed E-state index contributed by atoms with van der Waals surface area (Å²) >= 11 is 1.53. The molecule has 0 unspecified atom stereocenters. The highest BCUT2D eigenvalue weighted by Crippen LogP contribution is 2.10. The number of benzene rings is 1. The number of carbonyl (C=O) groups is 3. The molecule has 0 spiro atoms. The summed E-state index contributed by atoms with van der Waals surface area (Å²) < 4.78 is 4.97. The van der Waals surface area contributed by atoms with E-state index in [9.17, 15) is 14.4 Å². The Morgan fingerprint density at radius 3 is 2.46 bits per heavy atom. The highest BCUT2D eigenvalue weighted by atomic mass is 32.2. The third-order valence-corrected chi connectivity index (χ3v) is 3.88. The summed E-state index contributed by atoms with van der Waals surface area (Å²) in [5.41, 5.74) is 5.99. The summed E-state index contributed by atoms with van der Waals surface area (Å²) in [4.78, 5) is 34.8. The summed E-state index contributed by atoms with van der Waals surface area (Å²) in [6.07, 6.45) is 2.26. The highest BCUT2D eigenvalue weighted by Gasteiger charge is 2.22. The van der Waals surface area contributed by atoms with E-state index in [0.717, 1.165) is 5.56 Å². The van der Waals surface area contributed by atoms with Gasteiger partial charge in [0.25, 0.3) is 5.91 Å². The molecule has 0 saturated carbocycles. The summed E-state index contributed by atoms with van der Waals surface area (Å²) in [6.45, 7) is 1.43. The van der Waals surface area contributed by atoms with Crippen LogP contribution in [0.5, 0.6) is 0 Å². The van der Waals surface area contributed by atoms with Crippen molar-refractivity contribution in [2.75, 3.05) is 18.6 Å². The molecule has 3 amide bonds. The molecule has 0 aromatic heterocycles. The van der Waals surface area contributed by atoms with Crippen LogP contribution in [-0.2, 0) is 14.3 Å². The van der Waals surface area contributed by atoms with Crippen molar-refractivity contribution < 1.29 is 19.1 Å². The molecule has 0 aliphatic rings. The molecule has 132 valence electrons. The topological polar surface area (TPSA) is 111 Å². The van der Waals surface area contributed by atoms with Crippen LogP contribution in [0.15, 0.2) is 30.3 Å². The van der Waals surface area contributed by atoms with Gasteiger partial charge in [-0.15, -0.1) is 0 Å². The maximum absolute atomic E-state index is 12.0. The van der Waals surface area contributed by atoms with E-state index in [4.69, 9.17) is 10.5 Å². The number of urea groups is 1. The molecule has 24 heavy (non-hydrogen) atoms. The fourth-order valence-corrected chi connectivity index (χ4v) is 2.47. The van der Waals surface area contributed by atoms with Gasteiger partial charge in [0.1, 0.15) is 6.04 Å². The van der Waals surface area contributed by atoms with E-state index in [2.05, 4.69) is 10.6 Å². The van der Waals surface area contributed by atoms with Crippen LogP contribution in [0.2, 0.25) is 0 Å². The Kier molecular flexibility index (Phi) is 8.70. The predicted molar refractivity (Wildman–Crippen MR) is 93.5 cm³/mol. The maximum Gasteiger partial charge on any atom is 0.329 e. The molecule has 1 aromatic rings. The molecule has 0 aliphatic heterocycles. The van der Waals surface area contributed by atoms with Gasteiger partial charge < -0.3 is 21.1 Å². The molecular formula is C16H23N3O4S. The minimum Gasteiger partial charge on any atom is -0.454 e. The average Bonchev–Trinajstić information content (AvgIpc) is 2.56.